The first-order valence-corrected chi connectivity index (χ1v) is 24.9. The number of nitro groups is 1. The summed E-state index contributed by atoms with van der Waals surface area (Å²) in [6.07, 6.45) is -1.68. The molecule has 1 N–H and O–H groups in total. The number of amides is 3. The topological polar surface area (TPSA) is 188 Å². The van der Waals surface area contributed by atoms with Gasteiger partial charge in [-0.3, -0.25) is 29.4 Å². The quantitative estimate of drug-likeness (QED) is 0.0592. The van der Waals surface area contributed by atoms with E-state index in [9.17, 15) is 15.2 Å². The lowest BCUT2D eigenvalue weighted by Crippen LogP contribution is -2.57. The minimum absolute atomic E-state index is 0.0664. The van der Waals surface area contributed by atoms with Gasteiger partial charge in [0.05, 0.1) is 49.9 Å². The number of methoxy groups -OCH3 is 3. The van der Waals surface area contributed by atoms with Crippen molar-refractivity contribution in [2.75, 3.05) is 32.8 Å². The number of benzene rings is 7. The number of phenols is 1. The van der Waals surface area contributed by atoms with Crippen molar-refractivity contribution in [1.82, 2.24) is 9.80 Å². The molecule has 16 heteroatoms. The van der Waals surface area contributed by atoms with E-state index in [2.05, 4.69) is 11.8 Å². The molecule has 0 bridgehead atoms. The lowest BCUT2D eigenvalue weighted by Gasteiger charge is -2.46. The normalized spacial score (nSPS) is 21.2. The first kappa shape index (κ1) is 49.7. The predicted octanol–water partition coefficient (Wildman–Crippen LogP) is 9.31. The summed E-state index contributed by atoms with van der Waals surface area (Å²) >= 11 is 0. The number of rotatable bonds is 10. The Morgan fingerprint density at radius 3 is 2.01 bits per heavy atom. The first-order chi connectivity index (χ1) is 37.4. The summed E-state index contributed by atoms with van der Waals surface area (Å²) in [5.41, 5.74) is 2.99. The number of nitro benzene ring substituents is 1. The smallest absolute Gasteiger partial charge is 0.421 e. The number of esters is 1. The number of hydrogen-bond acceptors (Lipinski definition) is 13. The second-order valence-corrected chi connectivity index (χ2v) is 19.2. The number of hydrogen-bond donors (Lipinski definition) is 1. The third-order valence-electron chi connectivity index (χ3n) is 15.1. The van der Waals surface area contributed by atoms with Gasteiger partial charge in [-0.25, -0.2) is 9.69 Å². The number of aromatic hydroxyl groups is 1. The highest BCUT2D eigenvalue weighted by Gasteiger charge is 2.76. The summed E-state index contributed by atoms with van der Waals surface area (Å²) in [4.78, 5) is 79.6. The summed E-state index contributed by atoms with van der Waals surface area (Å²) in [6.45, 7) is -0.129. The van der Waals surface area contributed by atoms with Crippen molar-refractivity contribution in [3.63, 3.8) is 0 Å². The zero-order valence-corrected chi connectivity index (χ0v) is 42.0. The number of anilines is 1. The van der Waals surface area contributed by atoms with Gasteiger partial charge in [-0.15, -0.1) is 0 Å². The van der Waals surface area contributed by atoms with E-state index in [0.29, 0.717) is 57.1 Å². The SMILES string of the molecule is COc1ccc(C#Cc2ccc3c(c2)[C@]2(C(=O)N3C(=O)OCc3ccc([N+](=O)[O-])cc3)[C@H](C(=O)N3CCc4cc(OC)c(OC)cc4C3)[C@H]3C(=O)O[C@H](c4ccccc4)[C@H](c4ccccc4)N3[C@@H]2c2ccc(O)cc2)cc1. The summed E-state index contributed by atoms with van der Waals surface area (Å²) in [5, 5.41) is 22.4. The predicted molar refractivity (Wildman–Crippen MR) is 281 cm³/mol. The molecule has 3 amide bonds. The Balaban J connectivity index is 1.16. The van der Waals surface area contributed by atoms with Crippen LogP contribution in [0, 0.1) is 27.9 Å². The van der Waals surface area contributed by atoms with Crippen molar-refractivity contribution in [1.29, 1.82) is 0 Å². The zero-order valence-electron chi connectivity index (χ0n) is 42.0. The number of morpholine rings is 1. The molecule has 0 unspecified atom stereocenters. The summed E-state index contributed by atoms with van der Waals surface area (Å²) in [7, 11) is 4.64. The molecule has 7 aromatic rings. The summed E-state index contributed by atoms with van der Waals surface area (Å²) < 4.78 is 29.3. The number of cyclic esters (lactones) is 1. The largest absolute Gasteiger partial charge is 0.508 e. The fraction of sp³-hybridized carbons (Fsp3) is 0.213. The Kier molecular flexibility index (Phi) is 13.1. The van der Waals surface area contributed by atoms with Gasteiger partial charge in [0.25, 0.3) is 5.69 Å². The number of carbonyl (C=O) groups is 4. The molecule has 0 aromatic heterocycles. The fourth-order valence-corrected chi connectivity index (χ4v) is 11.6. The van der Waals surface area contributed by atoms with Crippen LogP contribution in [0.3, 0.4) is 0 Å². The van der Waals surface area contributed by atoms with Crippen LogP contribution in [0.15, 0.2) is 164 Å². The molecule has 77 heavy (non-hydrogen) atoms. The Labute approximate surface area is 443 Å². The minimum Gasteiger partial charge on any atom is -0.508 e. The van der Waals surface area contributed by atoms with Gasteiger partial charge in [0.15, 0.2) is 11.5 Å². The summed E-state index contributed by atoms with van der Waals surface area (Å²) in [6, 6.07) is 42.7. The van der Waals surface area contributed by atoms with Crippen molar-refractivity contribution in [2.24, 2.45) is 5.92 Å². The fourth-order valence-electron chi connectivity index (χ4n) is 11.6. The highest BCUT2D eigenvalue weighted by atomic mass is 16.6. The van der Waals surface area contributed by atoms with Crippen LogP contribution in [0.1, 0.15) is 68.3 Å². The van der Waals surface area contributed by atoms with Crippen LogP contribution in [0.25, 0.3) is 0 Å². The van der Waals surface area contributed by atoms with E-state index in [-0.39, 0.29) is 42.4 Å². The Morgan fingerprint density at radius 1 is 0.727 bits per heavy atom. The molecular formula is C61H50N4O12. The number of imide groups is 1. The molecule has 7 aromatic carbocycles. The molecule has 2 saturated heterocycles. The van der Waals surface area contributed by atoms with Gasteiger partial charge in [0.1, 0.15) is 35.7 Å². The first-order valence-electron chi connectivity index (χ1n) is 24.9. The number of ether oxygens (including phenoxy) is 5. The van der Waals surface area contributed by atoms with E-state index in [4.69, 9.17) is 23.7 Å². The van der Waals surface area contributed by atoms with Crippen LogP contribution in [0.5, 0.6) is 23.0 Å². The average Bonchev–Trinajstić information content (AvgIpc) is 3.52. The maximum Gasteiger partial charge on any atom is 0.421 e. The number of fused-ring (bicyclic) bond motifs is 4. The highest BCUT2D eigenvalue weighted by Crippen LogP contribution is 2.66. The molecule has 0 saturated carbocycles. The van der Waals surface area contributed by atoms with Crippen LogP contribution in [-0.4, -0.2) is 77.6 Å². The maximum atomic E-state index is 16.8. The van der Waals surface area contributed by atoms with Crippen LogP contribution in [0.2, 0.25) is 0 Å². The van der Waals surface area contributed by atoms with Crippen LogP contribution < -0.4 is 19.1 Å². The molecule has 2 fully saturated rings. The van der Waals surface area contributed by atoms with Gasteiger partial charge in [-0.2, -0.15) is 0 Å². The Morgan fingerprint density at radius 2 is 1.36 bits per heavy atom. The summed E-state index contributed by atoms with van der Waals surface area (Å²) in [5.74, 6) is 4.22. The number of nitrogens with zero attached hydrogens (tertiary/aromatic N) is 4. The maximum absolute atomic E-state index is 16.8. The molecule has 1 spiro atoms. The van der Waals surface area contributed by atoms with Crippen molar-refractivity contribution >= 4 is 35.3 Å². The molecule has 4 aliphatic rings. The van der Waals surface area contributed by atoms with Crippen molar-refractivity contribution < 1.29 is 52.9 Å². The zero-order chi connectivity index (χ0) is 53.5. The molecule has 4 aliphatic heterocycles. The van der Waals surface area contributed by atoms with Gasteiger partial charge in [0.2, 0.25) is 11.8 Å². The molecule has 16 nitrogen and oxygen atoms in total. The van der Waals surface area contributed by atoms with Gasteiger partial charge in [0, 0.05) is 36.3 Å². The second kappa shape index (κ2) is 20.3. The van der Waals surface area contributed by atoms with Crippen molar-refractivity contribution in [3.05, 3.63) is 224 Å². The van der Waals surface area contributed by atoms with Crippen molar-refractivity contribution in [2.45, 2.75) is 49.2 Å². The number of carbonyl (C=O) groups excluding carboxylic acids is 4. The van der Waals surface area contributed by atoms with Gasteiger partial charge in [-0.1, -0.05) is 84.6 Å². The van der Waals surface area contributed by atoms with E-state index >= 15 is 19.2 Å². The standard InChI is InChI=1S/C61H50N4O12/c1-73-47-27-18-37(19-28-47)14-15-38-20-29-49-48(32-38)61(59(69)63(49)60(70)76-36-39-16-23-45(24-17-39)65(71)72)52(57(67)62-31-30-43-33-50(74-2)51(75-3)34-44(43)35-62)54-58(68)77-55(41-12-8-5-9-13-41)53(40-10-6-4-7-11-40)64(54)56(61)42-21-25-46(66)26-22-42/h4-13,16-29,32-34,52-56,66H,30-31,35-36H2,1-3H3/t52-,53-,54-,55+,56+,61-/m0/s1. The molecule has 4 heterocycles. The van der Waals surface area contributed by atoms with E-state index in [0.717, 1.165) is 16.0 Å². The number of non-ortho nitro benzene ring substituents is 1. The van der Waals surface area contributed by atoms with Gasteiger partial charge < -0.3 is 33.7 Å². The van der Waals surface area contributed by atoms with Gasteiger partial charge >= 0.3 is 12.1 Å². The van der Waals surface area contributed by atoms with Crippen LogP contribution >= 0.6 is 0 Å². The third-order valence-corrected chi connectivity index (χ3v) is 15.1. The average molecular weight is 1030 g/mol. The molecule has 0 radical (unpaired) electrons. The Hall–Kier alpha value is -9.46. The van der Waals surface area contributed by atoms with Crippen LogP contribution in [-0.2, 0) is 48.8 Å². The van der Waals surface area contributed by atoms with E-state index in [1.807, 2.05) is 77.7 Å². The van der Waals surface area contributed by atoms with Crippen LogP contribution in [0.4, 0.5) is 16.2 Å². The monoisotopic (exact) mass is 1030 g/mol. The molecular weight excluding hydrogens is 981 g/mol. The highest BCUT2D eigenvalue weighted by molar-refractivity contribution is 6.23. The lowest BCUT2D eigenvalue weighted by molar-refractivity contribution is -0.384. The lowest BCUT2D eigenvalue weighted by atomic mass is 9.64. The molecule has 11 rings (SSSR count). The van der Waals surface area contributed by atoms with E-state index < -0.39 is 64.4 Å². The molecule has 6 atom stereocenters. The third kappa shape index (κ3) is 8.70. The second-order valence-electron chi connectivity index (χ2n) is 19.2. The number of phenolic OH excluding ortho intramolecular Hbond substituents is 1. The molecule has 386 valence electrons. The minimum atomic E-state index is -2.15. The van der Waals surface area contributed by atoms with E-state index in [1.165, 1.54) is 43.5 Å². The Bertz CT molecular complexity index is 3510. The van der Waals surface area contributed by atoms with Gasteiger partial charge in [-0.05, 0) is 124 Å². The van der Waals surface area contributed by atoms with E-state index in [1.54, 1.807) is 73.7 Å². The molecule has 0 aliphatic carbocycles. The van der Waals surface area contributed by atoms with Crippen molar-refractivity contribution in [3.8, 4) is 34.8 Å².